The van der Waals surface area contributed by atoms with Crippen LogP contribution in [0.15, 0.2) is 16.6 Å². The molecule has 0 saturated carbocycles. The van der Waals surface area contributed by atoms with Gasteiger partial charge >= 0.3 is 0 Å². The van der Waals surface area contributed by atoms with Crippen LogP contribution in [0.5, 0.6) is 5.75 Å². The number of halogens is 2. The fourth-order valence-electron chi connectivity index (χ4n) is 1.60. The van der Waals surface area contributed by atoms with Gasteiger partial charge in [-0.15, -0.1) is 0 Å². The number of fused-ring (bicyclic) bond motifs is 1. The molecule has 2 rings (SSSR count). The molecular formula is C11H8BrClN2O2. The summed E-state index contributed by atoms with van der Waals surface area (Å²) in [5.41, 5.74) is 0.615. The Morgan fingerprint density at radius 2 is 2.35 bits per heavy atom. The molecule has 1 heterocycles. The molecule has 1 aliphatic rings. The highest BCUT2D eigenvalue weighted by molar-refractivity contribution is 9.10. The van der Waals surface area contributed by atoms with Crippen molar-refractivity contribution in [3.63, 3.8) is 0 Å². The van der Waals surface area contributed by atoms with Crippen molar-refractivity contribution in [2.45, 2.75) is 6.42 Å². The molecule has 0 spiro atoms. The minimum absolute atomic E-state index is 0.00744. The molecule has 1 aromatic carbocycles. The lowest BCUT2D eigenvalue weighted by Crippen LogP contribution is -2.39. The highest BCUT2D eigenvalue weighted by Crippen LogP contribution is 2.38. The Bertz CT molecular complexity index is 513. The van der Waals surface area contributed by atoms with E-state index in [1.165, 1.54) is 4.90 Å². The van der Waals surface area contributed by atoms with E-state index in [2.05, 4.69) is 15.9 Å². The monoisotopic (exact) mass is 314 g/mol. The highest BCUT2D eigenvalue weighted by atomic mass is 79.9. The number of anilines is 1. The Hall–Kier alpha value is -1.25. The Morgan fingerprint density at radius 1 is 1.59 bits per heavy atom. The molecule has 1 aromatic rings. The number of benzene rings is 1. The lowest BCUT2D eigenvalue weighted by molar-refractivity contribution is -0.121. The van der Waals surface area contributed by atoms with Gasteiger partial charge < -0.3 is 9.64 Å². The molecule has 0 radical (unpaired) electrons. The summed E-state index contributed by atoms with van der Waals surface area (Å²) in [5.74, 6) is 0.435. The average Bonchev–Trinajstić information content (AvgIpc) is 2.30. The van der Waals surface area contributed by atoms with E-state index in [0.717, 1.165) is 0 Å². The second kappa shape index (κ2) is 4.94. The van der Waals surface area contributed by atoms with Crippen molar-refractivity contribution >= 4 is 39.1 Å². The van der Waals surface area contributed by atoms with Crippen LogP contribution >= 0.6 is 27.5 Å². The van der Waals surface area contributed by atoms with E-state index in [9.17, 15) is 4.79 Å². The fourth-order valence-corrected chi connectivity index (χ4v) is 2.08. The van der Waals surface area contributed by atoms with E-state index in [0.29, 0.717) is 27.5 Å². The van der Waals surface area contributed by atoms with Crippen molar-refractivity contribution in [2.75, 3.05) is 18.1 Å². The van der Waals surface area contributed by atoms with Crippen molar-refractivity contribution in [2.24, 2.45) is 0 Å². The van der Waals surface area contributed by atoms with E-state index >= 15 is 0 Å². The van der Waals surface area contributed by atoms with E-state index in [-0.39, 0.29) is 18.9 Å². The minimum atomic E-state index is -0.161. The second-order valence-corrected chi connectivity index (χ2v) is 4.74. The predicted octanol–water partition coefficient (Wildman–Crippen LogP) is 2.74. The van der Waals surface area contributed by atoms with Gasteiger partial charge in [0.1, 0.15) is 5.75 Å². The molecule has 4 nitrogen and oxygen atoms in total. The third-order valence-electron chi connectivity index (χ3n) is 2.39. The van der Waals surface area contributed by atoms with Crippen molar-refractivity contribution in [3.8, 4) is 11.8 Å². The molecule has 88 valence electrons. The number of nitriles is 1. The van der Waals surface area contributed by atoms with Crippen LogP contribution in [0.1, 0.15) is 6.42 Å². The zero-order valence-electron chi connectivity index (χ0n) is 8.74. The lowest BCUT2D eigenvalue weighted by atomic mass is 10.2. The molecular weight excluding hydrogens is 307 g/mol. The van der Waals surface area contributed by atoms with Gasteiger partial charge in [-0.25, -0.2) is 0 Å². The third-order valence-corrected chi connectivity index (χ3v) is 3.59. The molecule has 1 amide bonds. The Labute approximate surface area is 112 Å². The molecule has 0 saturated heterocycles. The molecule has 17 heavy (non-hydrogen) atoms. The summed E-state index contributed by atoms with van der Waals surface area (Å²) >= 11 is 9.28. The summed E-state index contributed by atoms with van der Waals surface area (Å²) in [4.78, 5) is 13.2. The number of hydrogen-bond acceptors (Lipinski definition) is 3. The summed E-state index contributed by atoms with van der Waals surface area (Å²) in [6, 6.07) is 5.40. The maximum absolute atomic E-state index is 11.7. The molecule has 0 N–H and O–H groups in total. The number of carbonyl (C=O) groups excluding carboxylic acids is 1. The van der Waals surface area contributed by atoms with E-state index in [1.807, 2.05) is 6.07 Å². The molecule has 0 aliphatic carbocycles. The summed E-state index contributed by atoms with van der Waals surface area (Å²) in [7, 11) is 0. The number of nitrogens with zero attached hydrogens (tertiary/aromatic N) is 2. The zero-order valence-corrected chi connectivity index (χ0v) is 11.1. The van der Waals surface area contributed by atoms with Gasteiger partial charge in [-0.3, -0.25) is 4.79 Å². The maximum atomic E-state index is 11.7. The second-order valence-electron chi connectivity index (χ2n) is 3.48. The molecule has 0 fully saturated rings. The quantitative estimate of drug-likeness (QED) is 0.843. The van der Waals surface area contributed by atoms with E-state index in [1.54, 1.807) is 12.1 Å². The normalized spacial score (nSPS) is 13.9. The van der Waals surface area contributed by atoms with Gasteiger partial charge in [-0.1, -0.05) is 11.6 Å². The zero-order chi connectivity index (χ0) is 12.4. The van der Waals surface area contributed by atoms with Crippen LogP contribution in [0.3, 0.4) is 0 Å². The molecule has 0 bridgehead atoms. The molecule has 0 atom stereocenters. The Kier molecular flexibility index (Phi) is 3.55. The van der Waals surface area contributed by atoms with Gasteiger partial charge in [0.05, 0.1) is 23.2 Å². The van der Waals surface area contributed by atoms with Crippen LogP contribution < -0.4 is 9.64 Å². The standard InChI is InChI=1S/C11H8BrClN2O2/c12-7-4-10-9(5-8(7)13)15(3-1-2-14)11(16)6-17-10/h4-5H,1,3,6H2. The molecule has 1 aliphatic heterocycles. The number of hydrogen-bond donors (Lipinski definition) is 0. The largest absolute Gasteiger partial charge is 0.482 e. The summed E-state index contributed by atoms with van der Waals surface area (Å²) in [6.07, 6.45) is 0.277. The number of rotatable bonds is 2. The van der Waals surface area contributed by atoms with Crippen molar-refractivity contribution in [3.05, 3.63) is 21.6 Å². The third kappa shape index (κ3) is 2.38. The van der Waals surface area contributed by atoms with Gasteiger partial charge in [-0.05, 0) is 28.1 Å². The number of amides is 1. The van der Waals surface area contributed by atoms with Crippen LogP contribution in [-0.4, -0.2) is 19.1 Å². The first-order valence-electron chi connectivity index (χ1n) is 4.92. The average molecular weight is 316 g/mol. The van der Waals surface area contributed by atoms with E-state index in [4.69, 9.17) is 21.6 Å². The number of ether oxygens (including phenoxy) is 1. The van der Waals surface area contributed by atoms with Crippen molar-refractivity contribution < 1.29 is 9.53 Å². The van der Waals surface area contributed by atoms with Gasteiger partial charge in [0.25, 0.3) is 5.91 Å². The van der Waals surface area contributed by atoms with Crippen molar-refractivity contribution in [1.29, 1.82) is 5.26 Å². The van der Waals surface area contributed by atoms with Gasteiger partial charge in [-0.2, -0.15) is 5.26 Å². The van der Waals surface area contributed by atoms with Gasteiger partial charge in [0, 0.05) is 11.0 Å². The first-order valence-corrected chi connectivity index (χ1v) is 6.09. The Morgan fingerprint density at radius 3 is 3.06 bits per heavy atom. The molecule has 0 aromatic heterocycles. The smallest absolute Gasteiger partial charge is 0.265 e. The van der Waals surface area contributed by atoms with Crippen LogP contribution in [0.25, 0.3) is 0 Å². The fraction of sp³-hybridized carbons (Fsp3) is 0.273. The van der Waals surface area contributed by atoms with Crippen LogP contribution in [0, 0.1) is 11.3 Å². The first-order chi connectivity index (χ1) is 8.13. The summed E-state index contributed by atoms with van der Waals surface area (Å²) < 4.78 is 6.03. The Balaban J connectivity index is 2.40. The maximum Gasteiger partial charge on any atom is 0.265 e. The van der Waals surface area contributed by atoms with Crippen LogP contribution in [-0.2, 0) is 4.79 Å². The van der Waals surface area contributed by atoms with Gasteiger partial charge in [0.15, 0.2) is 6.61 Å². The lowest BCUT2D eigenvalue weighted by Gasteiger charge is -2.29. The van der Waals surface area contributed by atoms with Crippen LogP contribution in [0.2, 0.25) is 5.02 Å². The molecule has 0 unspecified atom stereocenters. The van der Waals surface area contributed by atoms with E-state index < -0.39 is 0 Å². The topological polar surface area (TPSA) is 53.3 Å². The predicted molar refractivity (Wildman–Crippen MR) is 67.2 cm³/mol. The highest BCUT2D eigenvalue weighted by Gasteiger charge is 2.26. The van der Waals surface area contributed by atoms with Crippen LogP contribution in [0.4, 0.5) is 5.69 Å². The minimum Gasteiger partial charge on any atom is -0.482 e. The summed E-state index contributed by atoms with van der Waals surface area (Å²) in [6.45, 7) is 0.343. The first kappa shape index (κ1) is 12.2. The summed E-state index contributed by atoms with van der Waals surface area (Å²) in [5, 5.41) is 9.08. The van der Waals surface area contributed by atoms with Gasteiger partial charge in [0.2, 0.25) is 0 Å². The molecule has 6 heteroatoms. The SMILES string of the molecule is N#CCCN1C(=O)COc2cc(Br)c(Cl)cc21. The van der Waals surface area contributed by atoms with Crippen molar-refractivity contribution in [1.82, 2.24) is 0 Å². The number of carbonyl (C=O) groups is 1.